The van der Waals surface area contributed by atoms with Crippen LogP contribution in [0.25, 0.3) is 0 Å². The number of thiophene rings is 2. The van der Waals surface area contributed by atoms with Gasteiger partial charge in [0, 0.05) is 28.4 Å². The molecule has 0 bridgehead atoms. The van der Waals surface area contributed by atoms with Crippen molar-refractivity contribution >= 4 is 78.9 Å². The maximum atomic E-state index is 12.1. The molecule has 0 aliphatic heterocycles. The van der Waals surface area contributed by atoms with Crippen molar-refractivity contribution in [2.45, 2.75) is 49.3 Å². The SMILES string of the molecule is CC(C)(C)OC(=O)N(Cc1csc([N+](=O)[O-])c1S(N)(=O)=O)S(C)(=O)=O.CS(=O)(=O)NCc1csc([N+](=O)[O-])c1S(N)(=O)=O. The number of nitro groups is 2. The van der Waals surface area contributed by atoms with E-state index >= 15 is 0 Å². The van der Waals surface area contributed by atoms with Gasteiger partial charge in [0.15, 0.2) is 9.79 Å². The van der Waals surface area contributed by atoms with Gasteiger partial charge in [0.25, 0.3) is 0 Å². The van der Waals surface area contributed by atoms with Crippen LogP contribution in [0.2, 0.25) is 0 Å². The molecule has 5 N–H and O–H groups in total. The number of amides is 1. The van der Waals surface area contributed by atoms with E-state index in [0.717, 1.165) is 11.6 Å². The Morgan fingerprint density at radius 2 is 1.28 bits per heavy atom. The predicted octanol–water partition coefficient (Wildman–Crippen LogP) is 0.353. The highest BCUT2D eigenvalue weighted by molar-refractivity contribution is 7.90. The molecule has 20 nitrogen and oxygen atoms in total. The molecule has 0 unspecified atom stereocenters. The van der Waals surface area contributed by atoms with E-state index in [-0.39, 0.29) is 22.0 Å². The van der Waals surface area contributed by atoms with E-state index in [1.165, 1.54) is 26.2 Å². The molecule has 0 aromatic carbocycles. The average molecular weight is 731 g/mol. The molecule has 43 heavy (non-hydrogen) atoms. The first-order valence-corrected chi connectivity index (χ1v) is 19.4. The molecule has 0 saturated carbocycles. The highest BCUT2D eigenvalue weighted by atomic mass is 32.2. The van der Waals surface area contributed by atoms with E-state index in [0.29, 0.717) is 28.9 Å². The maximum Gasteiger partial charge on any atom is 0.424 e. The number of hydrogen-bond acceptors (Lipinski definition) is 16. The zero-order valence-electron chi connectivity index (χ0n) is 22.7. The summed E-state index contributed by atoms with van der Waals surface area (Å²) in [7, 11) is -16.5. The number of rotatable bonds is 10. The minimum absolute atomic E-state index is 0.0559. The Hall–Kier alpha value is -2.85. The summed E-state index contributed by atoms with van der Waals surface area (Å²) in [5.74, 6) is 0. The predicted molar refractivity (Wildman–Crippen MR) is 153 cm³/mol. The lowest BCUT2D eigenvalue weighted by Crippen LogP contribution is -2.40. The zero-order valence-corrected chi connectivity index (χ0v) is 27.6. The fraction of sp³-hybridized carbons (Fsp3) is 0.471. The topological polar surface area (TPSA) is 316 Å². The summed E-state index contributed by atoms with van der Waals surface area (Å²) in [6.45, 7) is 3.38. The van der Waals surface area contributed by atoms with Gasteiger partial charge in [0.05, 0.1) is 28.9 Å². The molecule has 0 fully saturated rings. The minimum atomic E-state index is -4.52. The highest BCUT2D eigenvalue weighted by Crippen LogP contribution is 2.35. The van der Waals surface area contributed by atoms with Crippen molar-refractivity contribution in [3.05, 3.63) is 42.1 Å². The van der Waals surface area contributed by atoms with E-state index < -0.39 is 88.0 Å². The summed E-state index contributed by atoms with van der Waals surface area (Å²) < 4.78 is 98.7. The number of primary sulfonamides is 2. The molecule has 0 spiro atoms. The number of carbonyl (C=O) groups excluding carboxylic acids is 1. The Morgan fingerprint density at radius 1 is 0.884 bits per heavy atom. The van der Waals surface area contributed by atoms with Crippen molar-refractivity contribution in [1.82, 2.24) is 9.03 Å². The van der Waals surface area contributed by atoms with E-state index in [9.17, 15) is 58.7 Å². The van der Waals surface area contributed by atoms with Gasteiger partial charge in [-0.25, -0.2) is 57.8 Å². The quantitative estimate of drug-likeness (QED) is 0.219. The molecule has 0 aliphatic rings. The number of sulfonamides is 4. The number of nitrogens with zero attached hydrogens (tertiary/aromatic N) is 3. The van der Waals surface area contributed by atoms with Gasteiger partial charge in [-0.3, -0.25) is 20.2 Å². The first-order chi connectivity index (χ1) is 19.1. The number of ether oxygens (including phenoxy) is 1. The van der Waals surface area contributed by atoms with Gasteiger partial charge >= 0.3 is 16.1 Å². The van der Waals surface area contributed by atoms with Crippen LogP contribution in [0.5, 0.6) is 0 Å². The van der Waals surface area contributed by atoms with Crippen LogP contribution in [-0.4, -0.2) is 72.0 Å². The van der Waals surface area contributed by atoms with Crippen LogP contribution in [0, 0.1) is 20.2 Å². The van der Waals surface area contributed by atoms with Crippen molar-refractivity contribution in [1.29, 1.82) is 0 Å². The lowest BCUT2D eigenvalue weighted by atomic mass is 10.2. The fourth-order valence-corrected chi connectivity index (χ4v) is 8.23. The molecule has 1 amide bonds. The summed E-state index contributed by atoms with van der Waals surface area (Å²) in [4.78, 5) is 30.4. The standard InChI is InChI=1S/C11H17N3O8S3.C6H9N3O6S3/c1-11(2,3)22-10(15)13(24(4,18)19)5-7-6-23-9(14(16)17)8(7)25(12,20)21;1-17(12,13)8-2-4-3-16-6(9(10)11)5(4)18(7,14)15/h6H,5H2,1-4H3,(H2,12,20,21);3,8H,2H2,1H3,(H2,7,14,15). The van der Waals surface area contributed by atoms with Crippen LogP contribution in [0.4, 0.5) is 14.8 Å². The molecule has 2 aromatic rings. The van der Waals surface area contributed by atoms with Gasteiger partial charge in [-0.1, -0.05) is 22.7 Å². The van der Waals surface area contributed by atoms with E-state index in [1.807, 2.05) is 4.72 Å². The lowest BCUT2D eigenvalue weighted by molar-refractivity contribution is -0.383. The second kappa shape index (κ2) is 13.4. The Bertz CT molecular complexity index is 1840. The summed E-state index contributed by atoms with van der Waals surface area (Å²) >= 11 is 1.03. The summed E-state index contributed by atoms with van der Waals surface area (Å²) in [5.41, 5.74) is -1.36. The third-order valence-electron chi connectivity index (χ3n) is 4.33. The second-order valence-electron chi connectivity index (χ2n) is 9.24. The van der Waals surface area contributed by atoms with Gasteiger partial charge in [-0.15, -0.1) is 0 Å². The van der Waals surface area contributed by atoms with Crippen LogP contribution < -0.4 is 15.0 Å². The lowest BCUT2D eigenvalue weighted by Gasteiger charge is -2.25. The molecule has 26 heteroatoms. The van der Waals surface area contributed by atoms with Crippen molar-refractivity contribution in [2.24, 2.45) is 10.3 Å². The number of hydrogen-bond donors (Lipinski definition) is 3. The first-order valence-electron chi connectivity index (χ1n) is 10.8. The molecule has 2 heterocycles. The van der Waals surface area contributed by atoms with Crippen molar-refractivity contribution in [3.63, 3.8) is 0 Å². The van der Waals surface area contributed by atoms with Gasteiger partial charge in [0.1, 0.15) is 5.60 Å². The van der Waals surface area contributed by atoms with E-state index in [4.69, 9.17) is 15.0 Å². The number of carbonyl (C=O) groups is 1. The molecule has 2 rings (SSSR count). The van der Waals surface area contributed by atoms with Gasteiger partial charge in [-0.05, 0) is 20.8 Å². The normalized spacial score (nSPS) is 12.6. The van der Waals surface area contributed by atoms with Crippen LogP contribution in [0.15, 0.2) is 20.6 Å². The molecular weight excluding hydrogens is 705 g/mol. The van der Waals surface area contributed by atoms with Crippen molar-refractivity contribution in [3.8, 4) is 0 Å². The van der Waals surface area contributed by atoms with Crippen LogP contribution >= 0.6 is 22.7 Å². The molecular formula is C17H26N6O14S6. The van der Waals surface area contributed by atoms with E-state index in [1.54, 1.807) is 0 Å². The van der Waals surface area contributed by atoms with Gasteiger partial charge in [0.2, 0.25) is 40.1 Å². The third-order valence-corrected chi connectivity index (χ3v) is 10.3. The molecule has 0 atom stereocenters. The average Bonchev–Trinajstić information content (AvgIpc) is 3.38. The molecule has 244 valence electrons. The number of nitrogens with one attached hydrogen (secondary N) is 1. The van der Waals surface area contributed by atoms with Crippen LogP contribution in [0.1, 0.15) is 31.9 Å². The summed E-state index contributed by atoms with van der Waals surface area (Å²) in [5, 5.41) is 32.3. The molecule has 0 aliphatic carbocycles. The van der Waals surface area contributed by atoms with Crippen LogP contribution in [-0.2, 0) is 57.9 Å². The third kappa shape index (κ3) is 11.6. The summed E-state index contributed by atoms with van der Waals surface area (Å²) in [6.07, 6.45) is 0.350. The molecule has 0 radical (unpaired) electrons. The minimum Gasteiger partial charge on any atom is -0.443 e. The Morgan fingerprint density at radius 3 is 1.60 bits per heavy atom. The highest BCUT2D eigenvalue weighted by Gasteiger charge is 2.35. The largest absolute Gasteiger partial charge is 0.443 e. The second-order valence-corrected chi connectivity index (χ2v) is 17.7. The van der Waals surface area contributed by atoms with Crippen molar-refractivity contribution < 1.29 is 53.0 Å². The smallest absolute Gasteiger partial charge is 0.424 e. The Balaban J connectivity index is 0.000000453. The van der Waals surface area contributed by atoms with Crippen LogP contribution in [0.3, 0.4) is 0 Å². The molecule has 0 saturated heterocycles. The maximum absolute atomic E-state index is 12.1. The molecule has 2 aromatic heterocycles. The number of nitrogens with two attached hydrogens (primary N) is 2. The Labute approximate surface area is 254 Å². The van der Waals surface area contributed by atoms with Gasteiger partial charge < -0.3 is 4.74 Å². The first kappa shape index (κ1) is 38.2. The Kier molecular flexibility index (Phi) is 11.9. The monoisotopic (exact) mass is 730 g/mol. The van der Waals surface area contributed by atoms with E-state index in [2.05, 4.69) is 0 Å². The summed E-state index contributed by atoms with van der Waals surface area (Å²) in [6, 6.07) is 0. The van der Waals surface area contributed by atoms with Gasteiger partial charge in [-0.2, -0.15) is 0 Å². The zero-order chi connectivity index (χ0) is 33.9. The van der Waals surface area contributed by atoms with Crippen molar-refractivity contribution in [2.75, 3.05) is 12.5 Å². The fourth-order valence-electron chi connectivity index (χ4n) is 2.83.